The van der Waals surface area contributed by atoms with Crippen molar-refractivity contribution < 1.29 is 31.3 Å². The number of amides is 3. The first kappa shape index (κ1) is 24.5. The molecule has 1 aromatic carbocycles. The number of ether oxygens (including phenoxy) is 1. The number of cyclic esters (lactones) is 1. The monoisotopic (exact) mass is 499 g/mol. The smallest absolute Gasteiger partial charge is 0.414 e. The van der Waals surface area contributed by atoms with Crippen LogP contribution in [0.1, 0.15) is 6.92 Å². The number of nitrogens with zero attached hydrogens (tertiary/aromatic N) is 5. The molecule has 3 saturated heterocycles. The lowest BCUT2D eigenvalue weighted by atomic mass is 10.1. The zero-order valence-electron chi connectivity index (χ0n) is 19.7. The van der Waals surface area contributed by atoms with Crippen molar-refractivity contribution in [1.82, 2.24) is 14.7 Å². The van der Waals surface area contributed by atoms with E-state index in [0.717, 1.165) is 7.11 Å². The van der Waals surface area contributed by atoms with Crippen molar-refractivity contribution in [1.29, 1.82) is 0 Å². The highest BCUT2D eigenvalue weighted by atomic mass is 32.2. The maximum Gasteiger partial charge on any atom is 0.414 e. The van der Waals surface area contributed by atoms with E-state index < -0.39 is 33.9 Å². The van der Waals surface area contributed by atoms with Crippen molar-refractivity contribution in [2.75, 3.05) is 69.7 Å². The lowest BCUT2D eigenvalue weighted by Gasteiger charge is -2.42. The third kappa shape index (κ3) is 4.77. The van der Waals surface area contributed by atoms with Crippen molar-refractivity contribution >= 4 is 33.6 Å². The van der Waals surface area contributed by atoms with Gasteiger partial charge in [0.05, 0.1) is 38.4 Å². The van der Waals surface area contributed by atoms with Crippen LogP contribution in [0.5, 0.6) is 0 Å². The highest BCUT2D eigenvalue weighted by Crippen LogP contribution is 2.33. The van der Waals surface area contributed by atoms with E-state index in [1.165, 1.54) is 11.0 Å². The summed E-state index contributed by atoms with van der Waals surface area (Å²) in [6.45, 7) is 4.39. The van der Waals surface area contributed by atoms with Gasteiger partial charge in [0.1, 0.15) is 17.7 Å². The molecule has 1 aromatic rings. The minimum atomic E-state index is -3.80. The molecule has 13 heteroatoms. The van der Waals surface area contributed by atoms with Crippen molar-refractivity contribution in [3.63, 3.8) is 0 Å². The van der Waals surface area contributed by atoms with Gasteiger partial charge in [-0.1, -0.05) is 6.92 Å². The molecule has 3 aliphatic rings. The van der Waals surface area contributed by atoms with Gasteiger partial charge < -0.3 is 19.4 Å². The van der Waals surface area contributed by atoms with E-state index in [0.29, 0.717) is 37.8 Å². The Morgan fingerprint density at radius 3 is 2.41 bits per heavy atom. The van der Waals surface area contributed by atoms with Crippen molar-refractivity contribution in [2.45, 2.75) is 19.1 Å². The molecule has 3 aliphatic heterocycles. The molecular formula is C21H30FN5O6S. The zero-order chi connectivity index (χ0) is 24.8. The maximum atomic E-state index is 15.2. The summed E-state index contributed by atoms with van der Waals surface area (Å²) in [4.78, 5) is 33.0. The molecule has 0 saturated carbocycles. The fourth-order valence-corrected chi connectivity index (χ4v) is 5.63. The van der Waals surface area contributed by atoms with Crippen LogP contribution in [0.4, 0.5) is 25.4 Å². The summed E-state index contributed by atoms with van der Waals surface area (Å²) in [5.74, 6) is -0.688. The Balaban J connectivity index is 1.45. The van der Waals surface area contributed by atoms with Gasteiger partial charge in [-0.15, -0.1) is 0 Å². The minimum absolute atomic E-state index is 0.0161. The molecule has 34 heavy (non-hydrogen) atoms. The molecule has 11 nitrogen and oxygen atoms in total. The molecule has 2 unspecified atom stereocenters. The number of carbonyl (C=O) groups excluding carboxylic acids is 2. The first-order chi connectivity index (χ1) is 16.0. The zero-order valence-corrected chi connectivity index (χ0v) is 20.5. The van der Waals surface area contributed by atoms with Gasteiger partial charge in [0.25, 0.3) is 10.1 Å². The lowest BCUT2D eigenvalue weighted by Crippen LogP contribution is -2.59. The highest BCUT2D eigenvalue weighted by Gasteiger charge is 2.39. The standard InChI is InChI=1S/C21H30FN5O6S/c1-14-8-25(10-19(14)26-12-23(2)20(28)24(3)13-26)18-6-5-15(7-17(18)22)27-9-16(33-21(27)29)11-34(30,31)32-4/h5-7,14,16,19H,8-13H2,1-4H3/t14?,16-,19?/m1/s1. The second-order valence-electron chi connectivity index (χ2n) is 9.14. The summed E-state index contributed by atoms with van der Waals surface area (Å²) < 4.78 is 48.0. The Labute approximate surface area is 198 Å². The Morgan fingerprint density at radius 1 is 1.12 bits per heavy atom. The van der Waals surface area contributed by atoms with E-state index in [9.17, 15) is 18.0 Å². The molecule has 0 spiro atoms. The van der Waals surface area contributed by atoms with Gasteiger partial charge in [0.2, 0.25) is 0 Å². The second-order valence-corrected chi connectivity index (χ2v) is 10.9. The van der Waals surface area contributed by atoms with Gasteiger partial charge >= 0.3 is 12.1 Å². The molecule has 0 aromatic heterocycles. The van der Waals surface area contributed by atoms with Crippen LogP contribution in [0.15, 0.2) is 18.2 Å². The topological polar surface area (TPSA) is 103 Å². The van der Waals surface area contributed by atoms with Crippen LogP contribution < -0.4 is 9.80 Å². The molecule has 4 rings (SSSR count). The van der Waals surface area contributed by atoms with Crippen LogP contribution in [0.3, 0.4) is 0 Å². The SMILES string of the molecule is COS(=O)(=O)C[C@H]1CN(c2ccc(N3CC(C)C(N4CN(C)C(=O)N(C)C4)C3)c(F)c2)C(=O)O1. The van der Waals surface area contributed by atoms with E-state index in [1.807, 2.05) is 4.90 Å². The summed E-state index contributed by atoms with van der Waals surface area (Å²) >= 11 is 0. The largest absolute Gasteiger partial charge is 0.443 e. The number of rotatable bonds is 6. The maximum absolute atomic E-state index is 15.2. The Kier molecular flexibility index (Phi) is 6.62. The summed E-state index contributed by atoms with van der Waals surface area (Å²) in [6, 6.07) is 4.65. The predicted octanol–water partition coefficient (Wildman–Crippen LogP) is 1.17. The molecule has 3 heterocycles. The lowest BCUT2D eigenvalue weighted by molar-refractivity contribution is 0.0233. The molecule has 0 N–H and O–H groups in total. The molecule has 0 bridgehead atoms. The molecule has 3 fully saturated rings. The molecular weight excluding hydrogens is 469 g/mol. The summed E-state index contributed by atoms with van der Waals surface area (Å²) in [5.41, 5.74) is 0.726. The van der Waals surface area contributed by atoms with Gasteiger partial charge in [-0.25, -0.2) is 14.0 Å². The highest BCUT2D eigenvalue weighted by molar-refractivity contribution is 7.86. The summed E-state index contributed by atoms with van der Waals surface area (Å²) in [6.07, 6.45) is -1.63. The number of benzene rings is 1. The van der Waals surface area contributed by atoms with E-state index in [2.05, 4.69) is 16.0 Å². The number of hydrogen-bond donors (Lipinski definition) is 0. The van der Waals surface area contributed by atoms with E-state index in [4.69, 9.17) is 4.74 Å². The fourth-order valence-electron chi connectivity index (χ4n) is 4.87. The number of anilines is 2. The van der Waals surface area contributed by atoms with Crippen LogP contribution >= 0.6 is 0 Å². The van der Waals surface area contributed by atoms with E-state index in [-0.39, 0.29) is 24.5 Å². The van der Waals surface area contributed by atoms with Crippen molar-refractivity contribution in [3.05, 3.63) is 24.0 Å². The summed E-state index contributed by atoms with van der Waals surface area (Å²) in [7, 11) is 0.770. The fraction of sp³-hybridized carbons (Fsp3) is 0.619. The van der Waals surface area contributed by atoms with E-state index in [1.54, 1.807) is 36.0 Å². The average Bonchev–Trinajstić information content (AvgIpc) is 3.33. The molecule has 3 atom stereocenters. The third-order valence-electron chi connectivity index (χ3n) is 6.58. The Morgan fingerprint density at radius 2 is 1.79 bits per heavy atom. The normalized spacial score (nSPS) is 26.6. The van der Waals surface area contributed by atoms with Crippen LogP contribution in [-0.2, 0) is 19.0 Å². The van der Waals surface area contributed by atoms with Gasteiger partial charge in [-0.05, 0) is 24.1 Å². The van der Waals surface area contributed by atoms with Gasteiger partial charge in [-0.3, -0.25) is 14.0 Å². The van der Waals surface area contributed by atoms with Gasteiger partial charge in [0, 0.05) is 33.2 Å². The van der Waals surface area contributed by atoms with Crippen LogP contribution in [0.2, 0.25) is 0 Å². The van der Waals surface area contributed by atoms with Crippen molar-refractivity contribution in [3.8, 4) is 0 Å². The quantitative estimate of drug-likeness (QED) is 0.538. The first-order valence-corrected chi connectivity index (χ1v) is 12.6. The molecule has 188 valence electrons. The predicted molar refractivity (Wildman–Crippen MR) is 122 cm³/mol. The minimum Gasteiger partial charge on any atom is -0.443 e. The summed E-state index contributed by atoms with van der Waals surface area (Å²) in [5, 5.41) is 0. The Bertz CT molecular complexity index is 1060. The van der Waals surface area contributed by atoms with Gasteiger partial charge in [0.15, 0.2) is 0 Å². The van der Waals surface area contributed by atoms with Crippen LogP contribution in [0, 0.1) is 11.7 Å². The first-order valence-electron chi connectivity index (χ1n) is 11.0. The molecule has 0 radical (unpaired) electrons. The third-order valence-corrected chi connectivity index (χ3v) is 7.87. The van der Waals surface area contributed by atoms with E-state index >= 15 is 4.39 Å². The van der Waals surface area contributed by atoms with Crippen LogP contribution in [0.25, 0.3) is 0 Å². The van der Waals surface area contributed by atoms with Crippen LogP contribution in [-0.4, -0.2) is 107 Å². The number of hydrogen-bond acceptors (Lipinski definition) is 8. The second kappa shape index (κ2) is 9.19. The average molecular weight is 500 g/mol. The number of carbonyl (C=O) groups is 2. The van der Waals surface area contributed by atoms with Crippen molar-refractivity contribution in [2.24, 2.45) is 5.92 Å². The molecule has 0 aliphatic carbocycles. The van der Waals surface area contributed by atoms with Gasteiger partial charge in [-0.2, -0.15) is 8.42 Å². The Hall–Kier alpha value is -2.64. The number of urea groups is 1. The number of halogens is 1. The molecule has 3 amide bonds.